The van der Waals surface area contributed by atoms with Gasteiger partial charge in [0.15, 0.2) is 5.69 Å². The van der Waals surface area contributed by atoms with Crippen LogP contribution < -0.4 is 21.5 Å². The predicted molar refractivity (Wildman–Crippen MR) is 138 cm³/mol. The standard InChI is InChI=1S/C26H24FN5O5S/c1-36-18-10-6-16(7-11-18)22(25(34)30-13-15-4-8-17(27)9-5-15)32(14-19-3-2-12-37-19)26(35)23-20(28)21(24(29)33)31-38-23/h2-12,22H,13-14,28H2,1H3,(H2,29,33)(H,30,34)/t22-/m0/s1. The van der Waals surface area contributed by atoms with E-state index >= 15 is 0 Å². The third-order valence-corrected chi connectivity index (χ3v) is 6.55. The highest BCUT2D eigenvalue weighted by molar-refractivity contribution is 7.09. The van der Waals surface area contributed by atoms with Gasteiger partial charge >= 0.3 is 0 Å². The van der Waals surface area contributed by atoms with Gasteiger partial charge in [0.25, 0.3) is 11.8 Å². The number of benzene rings is 2. The lowest BCUT2D eigenvalue weighted by atomic mass is 10.0. The molecule has 0 aliphatic carbocycles. The zero-order chi connectivity index (χ0) is 27.2. The second-order valence-electron chi connectivity index (χ2n) is 8.17. The molecule has 0 unspecified atom stereocenters. The van der Waals surface area contributed by atoms with Crippen molar-refractivity contribution in [3.63, 3.8) is 0 Å². The van der Waals surface area contributed by atoms with Crippen LogP contribution in [0.4, 0.5) is 10.1 Å². The van der Waals surface area contributed by atoms with E-state index in [0.717, 1.165) is 0 Å². The molecule has 4 rings (SSSR count). The van der Waals surface area contributed by atoms with Gasteiger partial charge < -0.3 is 30.8 Å². The molecule has 3 amide bonds. The fourth-order valence-corrected chi connectivity index (χ4v) is 4.52. The number of aromatic nitrogens is 1. The predicted octanol–water partition coefficient (Wildman–Crippen LogP) is 3.27. The highest BCUT2D eigenvalue weighted by Crippen LogP contribution is 2.31. The molecule has 2 aromatic carbocycles. The van der Waals surface area contributed by atoms with E-state index in [-0.39, 0.29) is 29.3 Å². The minimum atomic E-state index is -1.16. The number of halogens is 1. The number of nitrogen functional groups attached to an aromatic ring is 1. The lowest BCUT2D eigenvalue weighted by Crippen LogP contribution is -2.43. The quantitative estimate of drug-likeness (QED) is 0.281. The van der Waals surface area contributed by atoms with Crippen molar-refractivity contribution in [1.29, 1.82) is 0 Å². The number of nitrogens with two attached hydrogens (primary N) is 2. The van der Waals surface area contributed by atoms with E-state index in [1.807, 2.05) is 0 Å². The highest BCUT2D eigenvalue weighted by Gasteiger charge is 2.35. The zero-order valence-corrected chi connectivity index (χ0v) is 21.0. The Balaban J connectivity index is 1.74. The van der Waals surface area contributed by atoms with Crippen molar-refractivity contribution in [2.45, 2.75) is 19.1 Å². The largest absolute Gasteiger partial charge is 0.497 e. The van der Waals surface area contributed by atoms with Gasteiger partial charge in [-0.3, -0.25) is 14.4 Å². The van der Waals surface area contributed by atoms with Crippen molar-refractivity contribution < 1.29 is 27.9 Å². The summed E-state index contributed by atoms with van der Waals surface area (Å²) in [4.78, 5) is 40.5. The maximum absolute atomic E-state index is 13.9. The second kappa shape index (κ2) is 11.6. The maximum Gasteiger partial charge on any atom is 0.270 e. The molecule has 0 saturated heterocycles. The van der Waals surface area contributed by atoms with E-state index < -0.39 is 29.6 Å². The zero-order valence-electron chi connectivity index (χ0n) is 20.2. The molecule has 4 aromatic rings. The Morgan fingerprint density at radius 3 is 2.42 bits per heavy atom. The maximum atomic E-state index is 13.9. The van der Waals surface area contributed by atoms with Crippen LogP contribution in [0.2, 0.25) is 0 Å². The summed E-state index contributed by atoms with van der Waals surface area (Å²) in [5.74, 6) is -1.48. The number of hydrogen-bond donors (Lipinski definition) is 3. The Labute approximate surface area is 221 Å². The van der Waals surface area contributed by atoms with E-state index in [1.54, 1.807) is 48.5 Å². The molecule has 2 heterocycles. The molecule has 196 valence electrons. The molecule has 12 heteroatoms. The van der Waals surface area contributed by atoms with Crippen molar-refractivity contribution in [3.05, 3.63) is 100 Å². The van der Waals surface area contributed by atoms with E-state index in [4.69, 9.17) is 20.6 Å². The normalized spacial score (nSPS) is 11.5. The van der Waals surface area contributed by atoms with Gasteiger partial charge in [-0.1, -0.05) is 24.3 Å². The number of methoxy groups -OCH3 is 1. The first-order chi connectivity index (χ1) is 18.3. The first kappa shape index (κ1) is 26.4. The number of anilines is 1. The molecule has 0 saturated carbocycles. The third kappa shape index (κ3) is 5.81. The molecule has 2 aromatic heterocycles. The number of carbonyl (C=O) groups excluding carboxylic acids is 3. The van der Waals surface area contributed by atoms with Gasteiger partial charge in [0.05, 0.1) is 25.6 Å². The molecule has 0 radical (unpaired) electrons. The van der Waals surface area contributed by atoms with Gasteiger partial charge in [-0.05, 0) is 59.1 Å². The number of primary amides is 1. The first-order valence-electron chi connectivity index (χ1n) is 11.3. The number of carbonyl (C=O) groups is 3. The lowest BCUT2D eigenvalue weighted by molar-refractivity contribution is -0.126. The Morgan fingerprint density at radius 2 is 1.84 bits per heavy atom. The number of furan rings is 1. The minimum Gasteiger partial charge on any atom is -0.497 e. The number of ether oxygens (including phenoxy) is 1. The summed E-state index contributed by atoms with van der Waals surface area (Å²) in [7, 11) is 1.51. The number of rotatable bonds is 10. The molecule has 10 nitrogen and oxygen atoms in total. The average molecular weight is 538 g/mol. The van der Waals surface area contributed by atoms with Crippen LogP contribution in [0.3, 0.4) is 0 Å². The first-order valence-corrected chi connectivity index (χ1v) is 12.1. The van der Waals surface area contributed by atoms with Crippen molar-refractivity contribution in [2.75, 3.05) is 12.8 Å². The summed E-state index contributed by atoms with van der Waals surface area (Å²) in [5, 5.41) is 2.82. The Hall–Kier alpha value is -4.71. The van der Waals surface area contributed by atoms with Crippen molar-refractivity contribution in [2.24, 2.45) is 5.73 Å². The second-order valence-corrected chi connectivity index (χ2v) is 8.94. The summed E-state index contributed by atoms with van der Waals surface area (Å²) in [6, 6.07) is 14.5. The summed E-state index contributed by atoms with van der Waals surface area (Å²) < 4.78 is 27.9. The molecule has 0 bridgehead atoms. The topological polar surface area (TPSA) is 154 Å². The van der Waals surface area contributed by atoms with E-state index in [1.165, 1.54) is 30.4 Å². The van der Waals surface area contributed by atoms with Crippen LogP contribution in [0.25, 0.3) is 0 Å². The van der Waals surface area contributed by atoms with E-state index in [9.17, 15) is 18.8 Å². The summed E-state index contributed by atoms with van der Waals surface area (Å²) >= 11 is 0.711. The minimum absolute atomic E-state index is 0.0461. The lowest BCUT2D eigenvalue weighted by Gasteiger charge is -2.30. The highest BCUT2D eigenvalue weighted by atomic mass is 32.1. The third-order valence-electron chi connectivity index (χ3n) is 5.69. The van der Waals surface area contributed by atoms with Gasteiger partial charge in [0, 0.05) is 6.54 Å². The van der Waals surface area contributed by atoms with Gasteiger partial charge in [-0.25, -0.2) is 4.39 Å². The van der Waals surface area contributed by atoms with Crippen LogP contribution in [0.15, 0.2) is 71.3 Å². The van der Waals surface area contributed by atoms with Crippen LogP contribution in [-0.2, 0) is 17.9 Å². The van der Waals surface area contributed by atoms with Crippen molar-refractivity contribution in [1.82, 2.24) is 14.6 Å². The Kier molecular flexibility index (Phi) is 8.02. The van der Waals surface area contributed by atoms with Gasteiger partial charge in [0.2, 0.25) is 5.91 Å². The van der Waals surface area contributed by atoms with Crippen LogP contribution in [-0.4, -0.2) is 34.1 Å². The Bertz CT molecular complexity index is 1420. The van der Waals surface area contributed by atoms with Crippen molar-refractivity contribution >= 4 is 34.9 Å². The number of nitrogens with one attached hydrogen (secondary N) is 1. The molecule has 0 aliphatic rings. The molecule has 0 fully saturated rings. The van der Waals surface area contributed by atoms with Crippen molar-refractivity contribution in [3.8, 4) is 5.75 Å². The summed E-state index contributed by atoms with van der Waals surface area (Å²) in [5.41, 5.74) is 12.1. The molecule has 5 N–H and O–H groups in total. The fourth-order valence-electron chi connectivity index (χ4n) is 3.76. The monoisotopic (exact) mass is 537 g/mol. The molecular formula is C26H24FN5O5S. The van der Waals surface area contributed by atoms with E-state index in [0.29, 0.717) is 34.2 Å². The summed E-state index contributed by atoms with van der Waals surface area (Å²) in [6.07, 6.45) is 1.45. The molecule has 0 aliphatic heterocycles. The summed E-state index contributed by atoms with van der Waals surface area (Å²) in [6.45, 7) is -0.0151. The fraction of sp³-hybridized carbons (Fsp3) is 0.154. The Morgan fingerprint density at radius 1 is 1.13 bits per heavy atom. The SMILES string of the molecule is COc1ccc([C@@H](C(=O)NCc2ccc(F)cc2)N(Cc2ccco2)C(=O)c2snc(C(N)=O)c2N)cc1. The van der Waals surface area contributed by atoms with Crippen LogP contribution in [0.5, 0.6) is 5.75 Å². The average Bonchev–Trinajstić information content (AvgIpc) is 3.57. The van der Waals surface area contributed by atoms with Gasteiger partial charge in [0.1, 0.15) is 28.2 Å². The number of nitrogens with zero attached hydrogens (tertiary/aromatic N) is 2. The van der Waals surface area contributed by atoms with Gasteiger partial charge in [-0.2, -0.15) is 4.37 Å². The van der Waals surface area contributed by atoms with E-state index in [2.05, 4.69) is 9.69 Å². The smallest absolute Gasteiger partial charge is 0.270 e. The van der Waals surface area contributed by atoms with Gasteiger partial charge in [-0.15, -0.1) is 0 Å². The van der Waals surface area contributed by atoms with Crippen LogP contribution in [0, 0.1) is 5.82 Å². The molecule has 38 heavy (non-hydrogen) atoms. The van der Waals surface area contributed by atoms with Crippen LogP contribution >= 0.6 is 11.5 Å². The number of hydrogen-bond acceptors (Lipinski definition) is 8. The molecule has 0 spiro atoms. The van der Waals surface area contributed by atoms with Crippen LogP contribution in [0.1, 0.15) is 43.1 Å². The molecule has 1 atom stereocenters. The molecular weight excluding hydrogens is 513 g/mol. The number of amides is 3.